The first-order valence-corrected chi connectivity index (χ1v) is 14.3. The van der Waals surface area contributed by atoms with Crippen LogP contribution in [0.1, 0.15) is 55.9 Å². The van der Waals surface area contributed by atoms with Crippen LogP contribution in [0.25, 0.3) is 0 Å². The van der Waals surface area contributed by atoms with Crippen molar-refractivity contribution in [1.29, 1.82) is 0 Å². The molecule has 0 fully saturated rings. The summed E-state index contributed by atoms with van der Waals surface area (Å²) in [5.74, 6) is -0.0804. The second kappa shape index (κ2) is 12.9. The van der Waals surface area contributed by atoms with Crippen molar-refractivity contribution < 1.29 is 18.0 Å². The zero-order chi connectivity index (χ0) is 27.0. The van der Waals surface area contributed by atoms with Crippen LogP contribution in [0.5, 0.6) is 0 Å². The fourth-order valence-electron chi connectivity index (χ4n) is 3.81. The third-order valence-electron chi connectivity index (χ3n) is 6.26. The van der Waals surface area contributed by atoms with E-state index in [4.69, 9.17) is 0 Å². The van der Waals surface area contributed by atoms with Gasteiger partial charge in [-0.1, -0.05) is 49.7 Å². The van der Waals surface area contributed by atoms with Crippen molar-refractivity contribution in [3.05, 3.63) is 64.7 Å². The fraction of sp³-hybridized carbons (Fsp3) is 0.500. The Morgan fingerprint density at radius 1 is 0.944 bits per heavy atom. The van der Waals surface area contributed by atoms with Crippen LogP contribution < -0.4 is 9.62 Å². The number of anilines is 1. The first-order chi connectivity index (χ1) is 16.8. The predicted molar refractivity (Wildman–Crippen MR) is 146 cm³/mol. The standard InChI is InChI=1S/C28H41N3O4S/c1-20(2)18-29-28(33)24(6)30(19-25-13-10-21(3)11-14-25)27(32)9-8-16-31(36(7,34)35)26-15-12-22(4)23(5)17-26/h10-15,17,20,24H,8-9,16,18-19H2,1-7H3,(H,29,33). The van der Waals surface area contributed by atoms with Crippen molar-refractivity contribution in [3.63, 3.8) is 0 Å². The highest BCUT2D eigenvalue weighted by atomic mass is 32.2. The van der Waals surface area contributed by atoms with Gasteiger partial charge in [-0.3, -0.25) is 13.9 Å². The Labute approximate surface area is 216 Å². The summed E-state index contributed by atoms with van der Waals surface area (Å²) in [4.78, 5) is 27.7. The Morgan fingerprint density at radius 3 is 2.14 bits per heavy atom. The molecule has 36 heavy (non-hydrogen) atoms. The van der Waals surface area contributed by atoms with Crippen molar-refractivity contribution in [2.75, 3.05) is 23.7 Å². The van der Waals surface area contributed by atoms with E-state index in [1.807, 2.05) is 71.0 Å². The number of nitrogens with one attached hydrogen (secondary N) is 1. The van der Waals surface area contributed by atoms with Crippen molar-refractivity contribution in [2.45, 2.75) is 67.0 Å². The van der Waals surface area contributed by atoms with Gasteiger partial charge >= 0.3 is 0 Å². The number of hydrogen-bond acceptors (Lipinski definition) is 4. The molecule has 0 bridgehead atoms. The molecule has 0 saturated carbocycles. The molecule has 1 atom stereocenters. The average Bonchev–Trinajstić information content (AvgIpc) is 2.80. The quantitative estimate of drug-likeness (QED) is 0.455. The molecule has 1 N–H and O–H groups in total. The summed E-state index contributed by atoms with van der Waals surface area (Å²) < 4.78 is 26.4. The summed E-state index contributed by atoms with van der Waals surface area (Å²) >= 11 is 0. The molecule has 2 aromatic rings. The molecule has 0 radical (unpaired) electrons. The van der Waals surface area contributed by atoms with E-state index < -0.39 is 16.1 Å². The normalized spacial score (nSPS) is 12.3. The van der Waals surface area contributed by atoms with Gasteiger partial charge in [0, 0.05) is 26.1 Å². The Morgan fingerprint density at radius 2 is 1.58 bits per heavy atom. The molecule has 0 spiro atoms. The maximum atomic E-state index is 13.3. The Balaban J connectivity index is 2.17. The van der Waals surface area contributed by atoms with E-state index in [0.29, 0.717) is 31.1 Å². The molecule has 0 aliphatic rings. The Hall–Kier alpha value is -2.87. The molecular formula is C28H41N3O4S. The van der Waals surface area contributed by atoms with Gasteiger partial charge in [-0.05, 0) is 68.9 Å². The molecule has 7 nitrogen and oxygen atoms in total. The first kappa shape index (κ1) is 29.4. The van der Waals surface area contributed by atoms with Gasteiger partial charge in [0.05, 0.1) is 11.9 Å². The fourth-order valence-corrected chi connectivity index (χ4v) is 4.77. The van der Waals surface area contributed by atoms with E-state index in [2.05, 4.69) is 5.32 Å². The van der Waals surface area contributed by atoms with Crippen LogP contribution in [-0.2, 0) is 26.2 Å². The van der Waals surface area contributed by atoms with Crippen LogP contribution in [0.3, 0.4) is 0 Å². The van der Waals surface area contributed by atoms with Gasteiger partial charge in [0.2, 0.25) is 21.8 Å². The molecule has 198 valence electrons. The number of nitrogens with zero attached hydrogens (tertiary/aromatic N) is 2. The van der Waals surface area contributed by atoms with Gasteiger partial charge in [0.25, 0.3) is 0 Å². The SMILES string of the molecule is Cc1ccc(CN(C(=O)CCCN(c2ccc(C)c(C)c2)S(C)(=O)=O)C(C)C(=O)NCC(C)C)cc1. The lowest BCUT2D eigenvalue weighted by Crippen LogP contribution is -2.48. The van der Waals surface area contributed by atoms with Crippen molar-refractivity contribution >= 4 is 27.5 Å². The lowest BCUT2D eigenvalue weighted by atomic mass is 10.1. The lowest BCUT2D eigenvalue weighted by molar-refractivity contribution is -0.140. The number of rotatable bonds is 12. The second-order valence-electron chi connectivity index (χ2n) is 10.0. The summed E-state index contributed by atoms with van der Waals surface area (Å²) in [5, 5.41) is 2.92. The van der Waals surface area contributed by atoms with E-state index in [-0.39, 0.29) is 24.8 Å². The molecule has 1 unspecified atom stereocenters. The van der Waals surface area contributed by atoms with Crippen LogP contribution in [0, 0.1) is 26.7 Å². The molecule has 0 aromatic heterocycles. The van der Waals surface area contributed by atoms with Crippen LogP contribution in [0.15, 0.2) is 42.5 Å². The van der Waals surface area contributed by atoms with Crippen LogP contribution in [0.4, 0.5) is 5.69 Å². The van der Waals surface area contributed by atoms with Crippen LogP contribution >= 0.6 is 0 Å². The van der Waals surface area contributed by atoms with Gasteiger partial charge in [0.15, 0.2) is 0 Å². The number of benzene rings is 2. The third-order valence-corrected chi connectivity index (χ3v) is 7.45. The summed E-state index contributed by atoms with van der Waals surface area (Å²) in [6.07, 6.45) is 1.64. The van der Waals surface area contributed by atoms with E-state index >= 15 is 0 Å². The van der Waals surface area contributed by atoms with E-state index in [1.165, 1.54) is 10.6 Å². The van der Waals surface area contributed by atoms with Crippen molar-refractivity contribution in [2.24, 2.45) is 5.92 Å². The molecule has 2 aromatic carbocycles. The van der Waals surface area contributed by atoms with Crippen molar-refractivity contribution in [1.82, 2.24) is 10.2 Å². The number of carbonyl (C=O) groups is 2. The second-order valence-corrected chi connectivity index (χ2v) is 11.9. The third kappa shape index (κ3) is 8.66. The van der Waals surface area contributed by atoms with Crippen molar-refractivity contribution in [3.8, 4) is 0 Å². The minimum Gasteiger partial charge on any atom is -0.354 e. The zero-order valence-corrected chi connectivity index (χ0v) is 23.5. The zero-order valence-electron chi connectivity index (χ0n) is 22.7. The predicted octanol–water partition coefficient (Wildman–Crippen LogP) is 4.35. The van der Waals surface area contributed by atoms with E-state index in [0.717, 1.165) is 22.3 Å². The molecule has 0 aliphatic heterocycles. The highest BCUT2D eigenvalue weighted by molar-refractivity contribution is 7.92. The number of carbonyl (C=O) groups excluding carboxylic acids is 2. The molecule has 0 heterocycles. The average molecular weight is 516 g/mol. The maximum absolute atomic E-state index is 13.3. The van der Waals surface area contributed by atoms with Crippen LogP contribution in [0.2, 0.25) is 0 Å². The van der Waals surface area contributed by atoms with Gasteiger partial charge in [0.1, 0.15) is 6.04 Å². The number of hydrogen-bond donors (Lipinski definition) is 1. The smallest absolute Gasteiger partial charge is 0.242 e. The molecular weight excluding hydrogens is 474 g/mol. The first-order valence-electron chi connectivity index (χ1n) is 12.5. The molecule has 0 aliphatic carbocycles. The summed E-state index contributed by atoms with van der Waals surface area (Å²) in [5.41, 5.74) is 4.73. The molecule has 0 saturated heterocycles. The molecule has 8 heteroatoms. The lowest BCUT2D eigenvalue weighted by Gasteiger charge is -2.30. The topological polar surface area (TPSA) is 86.8 Å². The van der Waals surface area contributed by atoms with Gasteiger partial charge in [-0.15, -0.1) is 0 Å². The Bertz CT molecular complexity index is 1140. The van der Waals surface area contributed by atoms with E-state index in [9.17, 15) is 18.0 Å². The number of aryl methyl sites for hydroxylation is 3. The minimum absolute atomic E-state index is 0.129. The monoisotopic (exact) mass is 515 g/mol. The maximum Gasteiger partial charge on any atom is 0.242 e. The summed E-state index contributed by atoms with van der Waals surface area (Å²) in [7, 11) is -3.52. The highest BCUT2D eigenvalue weighted by Crippen LogP contribution is 2.22. The molecule has 2 rings (SSSR count). The van der Waals surface area contributed by atoms with Gasteiger partial charge < -0.3 is 10.2 Å². The minimum atomic E-state index is -3.52. The van der Waals surface area contributed by atoms with E-state index in [1.54, 1.807) is 17.9 Å². The summed E-state index contributed by atoms with van der Waals surface area (Å²) in [6, 6.07) is 12.8. The largest absolute Gasteiger partial charge is 0.354 e. The van der Waals surface area contributed by atoms with Gasteiger partial charge in [-0.2, -0.15) is 0 Å². The highest BCUT2D eigenvalue weighted by Gasteiger charge is 2.26. The van der Waals surface area contributed by atoms with Crippen LogP contribution in [-0.4, -0.2) is 50.5 Å². The van der Waals surface area contributed by atoms with Gasteiger partial charge in [-0.25, -0.2) is 8.42 Å². The number of sulfonamides is 1. The molecule has 2 amide bonds. The number of amides is 2. The summed E-state index contributed by atoms with van der Waals surface area (Å²) in [6.45, 7) is 12.7. The Kier molecular flexibility index (Phi) is 10.5.